The smallest absolute Gasteiger partial charge is 0.262 e. The van der Waals surface area contributed by atoms with E-state index >= 15 is 0 Å². The predicted molar refractivity (Wildman–Crippen MR) is 100 cm³/mol. The standard InChI is InChI=1S/C20H16ClN3O/c1-13-7-9-16(10-8-13)24-19(23-15-5-2-4-14(21)12-15)18-17(20(24)25)6-3-11-22-18/h2-12,19,23H,1H3/t19-/m0/s1. The third kappa shape index (κ3) is 2.85. The van der Waals surface area contributed by atoms with E-state index in [1.54, 1.807) is 17.2 Å². The summed E-state index contributed by atoms with van der Waals surface area (Å²) in [6.45, 7) is 2.02. The molecule has 1 atom stereocenters. The molecule has 1 aliphatic heterocycles. The van der Waals surface area contributed by atoms with Crippen molar-refractivity contribution in [2.24, 2.45) is 0 Å². The second-order valence-corrected chi connectivity index (χ2v) is 6.44. The van der Waals surface area contributed by atoms with Crippen LogP contribution >= 0.6 is 11.6 Å². The minimum absolute atomic E-state index is 0.0634. The van der Waals surface area contributed by atoms with Gasteiger partial charge in [0, 0.05) is 22.6 Å². The Morgan fingerprint density at radius 2 is 1.88 bits per heavy atom. The number of benzene rings is 2. The average Bonchev–Trinajstić information content (AvgIpc) is 2.89. The molecule has 1 N–H and O–H groups in total. The van der Waals surface area contributed by atoms with E-state index in [-0.39, 0.29) is 12.1 Å². The number of fused-ring (bicyclic) bond motifs is 1. The van der Waals surface area contributed by atoms with Gasteiger partial charge in [0.05, 0.1) is 11.3 Å². The van der Waals surface area contributed by atoms with Crippen LogP contribution in [0.25, 0.3) is 0 Å². The van der Waals surface area contributed by atoms with E-state index in [1.807, 2.05) is 61.5 Å². The highest BCUT2D eigenvalue weighted by Gasteiger charge is 2.38. The van der Waals surface area contributed by atoms with Gasteiger partial charge in [-0.15, -0.1) is 0 Å². The summed E-state index contributed by atoms with van der Waals surface area (Å²) in [7, 11) is 0. The number of amides is 1. The van der Waals surface area contributed by atoms with Gasteiger partial charge in [-0.25, -0.2) is 0 Å². The summed E-state index contributed by atoms with van der Waals surface area (Å²) < 4.78 is 0. The van der Waals surface area contributed by atoms with Crippen molar-refractivity contribution in [2.75, 3.05) is 10.2 Å². The molecule has 1 aromatic heterocycles. The zero-order chi connectivity index (χ0) is 17.4. The molecule has 5 heteroatoms. The van der Waals surface area contributed by atoms with Crippen molar-refractivity contribution in [3.8, 4) is 0 Å². The zero-order valence-corrected chi connectivity index (χ0v) is 14.4. The van der Waals surface area contributed by atoms with Gasteiger partial charge in [0.25, 0.3) is 5.91 Å². The summed E-state index contributed by atoms with van der Waals surface area (Å²) in [5, 5.41) is 4.03. The van der Waals surface area contributed by atoms with Crippen LogP contribution < -0.4 is 10.2 Å². The van der Waals surface area contributed by atoms with E-state index < -0.39 is 0 Å². The molecule has 0 fully saturated rings. The van der Waals surface area contributed by atoms with Crippen LogP contribution in [0.3, 0.4) is 0 Å². The highest BCUT2D eigenvalue weighted by Crippen LogP contribution is 2.37. The topological polar surface area (TPSA) is 45.2 Å². The molecule has 0 spiro atoms. The van der Waals surface area contributed by atoms with Crippen LogP contribution in [0.15, 0.2) is 66.9 Å². The van der Waals surface area contributed by atoms with Gasteiger partial charge < -0.3 is 5.32 Å². The van der Waals surface area contributed by atoms with Gasteiger partial charge in [-0.2, -0.15) is 0 Å². The summed E-state index contributed by atoms with van der Waals surface area (Å²) in [6.07, 6.45) is 1.32. The summed E-state index contributed by atoms with van der Waals surface area (Å²) in [6, 6.07) is 18.9. The lowest BCUT2D eigenvalue weighted by Gasteiger charge is -2.26. The normalized spacial score (nSPS) is 16.0. The molecule has 4 nitrogen and oxygen atoms in total. The first-order valence-corrected chi connectivity index (χ1v) is 8.38. The van der Waals surface area contributed by atoms with Gasteiger partial charge in [0.1, 0.15) is 0 Å². The number of nitrogens with zero attached hydrogens (tertiary/aromatic N) is 2. The highest BCUT2D eigenvalue weighted by molar-refractivity contribution is 6.30. The molecule has 1 amide bonds. The number of hydrogen-bond acceptors (Lipinski definition) is 3. The van der Waals surface area contributed by atoms with Crippen LogP contribution in [-0.4, -0.2) is 10.9 Å². The molecule has 3 aromatic rings. The van der Waals surface area contributed by atoms with Crippen molar-refractivity contribution in [1.82, 2.24) is 4.98 Å². The highest BCUT2D eigenvalue weighted by atomic mass is 35.5. The van der Waals surface area contributed by atoms with Crippen molar-refractivity contribution in [3.63, 3.8) is 0 Å². The van der Waals surface area contributed by atoms with Crippen molar-refractivity contribution < 1.29 is 4.79 Å². The minimum Gasteiger partial charge on any atom is -0.360 e. The van der Waals surface area contributed by atoms with Crippen molar-refractivity contribution in [2.45, 2.75) is 13.1 Å². The van der Waals surface area contributed by atoms with Crippen molar-refractivity contribution >= 4 is 28.9 Å². The molecule has 1 aliphatic rings. The third-order valence-electron chi connectivity index (χ3n) is 4.25. The monoisotopic (exact) mass is 349 g/mol. The van der Waals surface area contributed by atoms with Gasteiger partial charge in [-0.05, 0) is 49.4 Å². The number of carbonyl (C=O) groups excluding carboxylic acids is 1. The van der Waals surface area contributed by atoms with Crippen LogP contribution in [0.1, 0.15) is 27.8 Å². The van der Waals surface area contributed by atoms with E-state index in [2.05, 4.69) is 10.3 Å². The van der Waals surface area contributed by atoms with E-state index in [4.69, 9.17) is 11.6 Å². The Hall–Kier alpha value is -2.85. The van der Waals surface area contributed by atoms with Crippen LogP contribution in [0.2, 0.25) is 5.02 Å². The second-order valence-electron chi connectivity index (χ2n) is 6.00. The molecule has 4 rings (SSSR count). The fraction of sp³-hybridized carbons (Fsp3) is 0.100. The zero-order valence-electron chi connectivity index (χ0n) is 13.6. The van der Waals surface area contributed by atoms with Crippen LogP contribution in [0.5, 0.6) is 0 Å². The first-order chi connectivity index (χ1) is 12.1. The van der Waals surface area contributed by atoms with Gasteiger partial charge in [0.2, 0.25) is 0 Å². The lowest BCUT2D eigenvalue weighted by Crippen LogP contribution is -2.32. The maximum atomic E-state index is 13.0. The summed E-state index contributed by atoms with van der Waals surface area (Å²) in [5.41, 5.74) is 4.13. The molecule has 2 aromatic carbocycles. The number of aryl methyl sites for hydroxylation is 1. The van der Waals surface area contributed by atoms with Gasteiger partial charge >= 0.3 is 0 Å². The lowest BCUT2D eigenvalue weighted by molar-refractivity contribution is 0.0993. The van der Waals surface area contributed by atoms with E-state index in [0.29, 0.717) is 16.3 Å². The fourth-order valence-corrected chi connectivity index (χ4v) is 3.22. The predicted octanol–water partition coefficient (Wildman–Crippen LogP) is 4.81. The maximum Gasteiger partial charge on any atom is 0.262 e. The van der Waals surface area contributed by atoms with Gasteiger partial charge in [-0.3, -0.25) is 14.7 Å². The molecule has 0 saturated heterocycles. The number of rotatable bonds is 3. The number of carbonyl (C=O) groups is 1. The maximum absolute atomic E-state index is 13.0. The van der Waals surface area contributed by atoms with Crippen molar-refractivity contribution in [3.05, 3.63) is 88.7 Å². The number of halogens is 1. The molecule has 0 bridgehead atoms. The number of hydrogen-bond donors (Lipinski definition) is 1. The molecular formula is C20H16ClN3O. The molecule has 0 aliphatic carbocycles. The SMILES string of the molecule is Cc1ccc(N2C(=O)c3cccnc3[C@H]2Nc2cccc(Cl)c2)cc1. The fourth-order valence-electron chi connectivity index (χ4n) is 3.03. The number of nitrogens with one attached hydrogen (secondary N) is 1. The lowest BCUT2D eigenvalue weighted by atomic mass is 10.2. The van der Waals surface area contributed by atoms with Gasteiger partial charge in [0.15, 0.2) is 6.17 Å². The number of pyridine rings is 1. The summed E-state index contributed by atoms with van der Waals surface area (Å²) in [4.78, 5) is 19.1. The van der Waals surface area contributed by atoms with Crippen LogP contribution in [0.4, 0.5) is 11.4 Å². The molecule has 124 valence electrons. The van der Waals surface area contributed by atoms with E-state index in [1.165, 1.54) is 0 Å². The van der Waals surface area contributed by atoms with Gasteiger partial charge in [-0.1, -0.05) is 35.4 Å². The second kappa shape index (κ2) is 6.22. The first kappa shape index (κ1) is 15.7. The molecule has 25 heavy (non-hydrogen) atoms. The Morgan fingerprint density at radius 1 is 1.08 bits per heavy atom. The number of anilines is 2. The quantitative estimate of drug-likeness (QED) is 0.737. The largest absolute Gasteiger partial charge is 0.360 e. The van der Waals surface area contributed by atoms with E-state index in [9.17, 15) is 4.79 Å². The molecule has 0 saturated carbocycles. The Balaban J connectivity index is 1.78. The van der Waals surface area contributed by atoms with Crippen molar-refractivity contribution in [1.29, 1.82) is 0 Å². The summed E-state index contributed by atoms with van der Waals surface area (Å²) in [5.74, 6) is -0.0634. The average molecular weight is 350 g/mol. The minimum atomic E-state index is -0.384. The molecular weight excluding hydrogens is 334 g/mol. The molecule has 0 radical (unpaired) electrons. The van der Waals surface area contributed by atoms with Crippen LogP contribution in [0, 0.1) is 6.92 Å². The van der Waals surface area contributed by atoms with E-state index in [0.717, 1.165) is 16.9 Å². The summed E-state index contributed by atoms with van der Waals surface area (Å²) >= 11 is 6.09. The Labute approximate surface area is 151 Å². The molecule has 2 heterocycles. The first-order valence-electron chi connectivity index (χ1n) is 8.01. The molecule has 0 unspecified atom stereocenters. The third-order valence-corrected chi connectivity index (χ3v) is 4.48. The van der Waals surface area contributed by atoms with Crippen LogP contribution in [-0.2, 0) is 0 Å². The Morgan fingerprint density at radius 3 is 2.64 bits per heavy atom. The number of aromatic nitrogens is 1. The Kier molecular flexibility index (Phi) is 3.90. The Bertz CT molecular complexity index is 940.